The largest absolute Gasteiger partial charge is 0.496 e. The van der Waals surface area contributed by atoms with Gasteiger partial charge in [0.2, 0.25) is 5.91 Å². The second kappa shape index (κ2) is 8.70. The quantitative estimate of drug-likeness (QED) is 0.427. The molecule has 0 bridgehead atoms. The summed E-state index contributed by atoms with van der Waals surface area (Å²) in [6.07, 6.45) is 0. The number of amides is 1. The van der Waals surface area contributed by atoms with Crippen molar-refractivity contribution in [3.8, 4) is 16.9 Å². The Kier molecular flexibility index (Phi) is 5.93. The lowest BCUT2D eigenvalue weighted by molar-refractivity contribution is -0.123. The zero-order chi connectivity index (χ0) is 23.8. The number of imidazole rings is 1. The molecule has 0 saturated carbocycles. The van der Waals surface area contributed by atoms with E-state index in [-0.39, 0.29) is 5.91 Å². The lowest BCUT2D eigenvalue weighted by Crippen LogP contribution is -2.28. The van der Waals surface area contributed by atoms with Gasteiger partial charge >= 0.3 is 0 Å². The summed E-state index contributed by atoms with van der Waals surface area (Å²) in [6.45, 7) is 10.2. The number of anilines is 1. The van der Waals surface area contributed by atoms with Gasteiger partial charge in [-0.15, -0.1) is 0 Å². The lowest BCUT2D eigenvalue weighted by Gasteiger charge is -2.18. The Morgan fingerprint density at radius 3 is 2.39 bits per heavy atom. The predicted octanol–water partition coefficient (Wildman–Crippen LogP) is 5.76. The number of methoxy groups -OCH3 is 1. The van der Waals surface area contributed by atoms with E-state index in [0.717, 1.165) is 45.1 Å². The minimum atomic E-state index is -0.480. The molecular weight excluding hydrogens is 412 g/mol. The fraction of sp³-hybridized carbons (Fsp3) is 0.296. The molecule has 0 saturated heterocycles. The first-order chi connectivity index (χ1) is 15.7. The second-order valence-electron chi connectivity index (χ2n) is 9.31. The Bertz CT molecular complexity index is 1310. The lowest BCUT2D eigenvalue weighted by atomic mass is 9.95. The zero-order valence-corrected chi connectivity index (χ0v) is 20.1. The molecule has 4 aromatic rings. The molecule has 0 unspecified atom stereocenters. The number of carbonyl (C=O) groups is 1. The van der Waals surface area contributed by atoms with Crippen molar-refractivity contribution in [2.75, 3.05) is 12.4 Å². The minimum Gasteiger partial charge on any atom is -0.496 e. The number of fused-ring (bicyclic) bond motifs is 1. The fourth-order valence-corrected chi connectivity index (χ4v) is 3.73. The highest BCUT2D eigenvalue weighted by atomic mass is 16.5. The average molecular weight is 443 g/mol. The SMILES string of the molecule is COc1ccccc1-c1ccc(Cn2c(C)nc3cc(NC(=O)C(C)(C)C)c(C)nc32)cc1. The maximum Gasteiger partial charge on any atom is 0.229 e. The number of hydrogen-bond donors (Lipinski definition) is 1. The highest BCUT2D eigenvalue weighted by molar-refractivity contribution is 5.96. The van der Waals surface area contributed by atoms with E-state index in [4.69, 9.17) is 14.7 Å². The van der Waals surface area contributed by atoms with Crippen LogP contribution in [0.3, 0.4) is 0 Å². The third kappa shape index (κ3) is 4.60. The van der Waals surface area contributed by atoms with Crippen LogP contribution in [0.2, 0.25) is 0 Å². The van der Waals surface area contributed by atoms with E-state index in [0.29, 0.717) is 12.2 Å². The summed E-state index contributed by atoms with van der Waals surface area (Å²) in [5, 5.41) is 2.99. The number of rotatable bonds is 5. The van der Waals surface area contributed by atoms with Gasteiger partial charge in [0.1, 0.15) is 17.1 Å². The molecule has 2 aromatic heterocycles. The van der Waals surface area contributed by atoms with Gasteiger partial charge in [-0.25, -0.2) is 9.97 Å². The van der Waals surface area contributed by atoms with E-state index < -0.39 is 5.41 Å². The summed E-state index contributed by atoms with van der Waals surface area (Å²) in [5.41, 5.74) is 5.91. The fourth-order valence-electron chi connectivity index (χ4n) is 3.73. The van der Waals surface area contributed by atoms with Gasteiger partial charge in [-0.1, -0.05) is 63.2 Å². The number of hydrogen-bond acceptors (Lipinski definition) is 4. The summed E-state index contributed by atoms with van der Waals surface area (Å²) in [4.78, 5) is 21.9. The zero-order valence-electron chi connectivity index (χ0n) is 20.1. The van der Waals surface area contributed by atoms with Gasteiger partial charge in [-0.2, -0.15) is 0 Å². The molecule has 0 fully saturated rings. The van der Waals surface area contributed by atoms with E-state index in [2.05, 4.69) is 40.2 Å². The molecule has 170 valence electrons. The van der Waals surface area contributed by atoms with Crippen LogP contribution in [-0.4, -0.2) is 27.6 Å². The molecule has 6 heteroatoms. The number of aryl methyl sites for hydroxylation is 2. The van der Waals surface area contributed by atoms with Gasteiger partial charge in [-0.3, -0.25) is 4.79 Å². The molecule has 0 aliphatic heterocycles. The van der Waals surface area contributed by atoms with Crippen molar-refractivity contribution in [2.45, 2.75) is 41.2 Å². The standard InChI is InChI=1S/C27H30N4O2/c1-17-22(30-26(32)27(3,4)5)15-23-25(28-17)31(18(2)29-23)16-19-11-13-20(14-12-19)21-9-7-8-10-24(21)33-6/h7-15H,16H2,1-6H3,(H,30,32). The van der Waals surface area contributed by atoms with Gasteiger partial charge in [-0.05, 0) is 37.1 Å². The van der Waals surface area contributed by atoms with Crippen LogP contribution in [-0.2, 0) is 11.3 Å². The van der Waals surface area contributed by atoms with Crippen molar-refractivity contribution < 1.29 is 9.53 Å². The molecular formula is C27H30N4O2. The van der Waals surface area contributed by atoms with Crippen molar-refractivity contribution >= 4 is 22.8 Å². The number of benzene rings is 2. The summed E-state index contributed by atoms with van der Waals surface area (Å²) >= 11 is 0. The molecule has 6 nitrogen and oxygen atoms in total. The topological polar surface area (TPSA) is 69.0 Å². The van der Waals surface area contributed by atoms with Crippen LogP contribution >= 0.6 is 0 Å². The van der Waals surface area contributed by atoms with Gasteiger partial charge < -0.3 is 14.6 Å². The minimum absolute atomic E-state index is 0.0435. The second-order valence-corrected chi connectivity index (χ2v) is 9.31. The van der Waals surface area contributed by atoms with Crippen molar-refractivity contribution in [1.82, 2.24) is 14.5 Å². The third-order valence-electron chi connectivity index (χ3n) is 5.74. The Morgan fingerprint density at radius 2 is 1.73 bits per heavy atom. The smallest absolute Gasteiger partial charge is 0.229 e. The summed E-state index contributed by atoms with van der Waals surface area (Å²) in [5.74, 6) is 1.69. The third-order valence-corrected chi connectivity index (χ3v) is 5.74. The summed E-state index contributed by atoms with van der Waals surface area (Å²) < 4.78 is 7.60. The van der Waals surface area contributed by atoms with Crippen molar-refractivity contribution in [3.63, 3.8) is 0 Å². The maximum absolute atomic E-state index is 12.4. The molecule has 0 atom stereocenters. The molecule has 2 aromatic carbocycles. The van der Waals surface area contributed by atoms with Crippen LogP contribution < -0.4 is 10.1 Å². The Hall–Kier alpha value is -3.67. The van der Waals surface area contributed by atoms with Gasteiger partial charge in [0.05, 0.1) is 25.0 Å². The van der Waals surface area contributed by atoms with Crippen molar-refractivity contribution in [1.29, 1.82) is 0 Å². The normalized spacial score (nSPS) is 11.6. The van der Waals surface area contributed by atoms with E-state index in [1.54, 1.807) is 7.11 Å². The van der Waals surface area contributed by atoms with Crippen LogP contribution in [0.5, 0.6) is 5.75 Å². The molecule has 0 aliphatic rings. The number of carbonyl (C=O) groups excluding carboxylic acids is 1. The number of aromatic nitrogens is 3. The molecule has 33 heavy (non-hydrogen) atoms. The van der Waals surface area contributed by atoms with Crippen LogP contribution in [0.25, 0.3) is 22.3 Å². The van der Waals surface area contributed by atoms with Gasteiger partial charge in [0, 0.05) is 11.0 Å². The molecule has 4 rings (SSSR count). The molecule has 1 N–H and O–H groups in total. The van der Waals surface area contributed by atoms with Crippen molar-refractivity contribution in [2.24, 2.45) is 5.41 Å². The number of pyridine rings is 1. The Morgan fingerprint density at radius 1 is 1.03 bits per heavy atom. The number of ether oxygens (including phenoxy) is 1. The van der Waals surface area contributed by atoms with E-state index in [1.165, 1.54) is 0 Å². The van der Waals surface area contributed by atoms with Gasteiger partial charge in [0.25, 0.3) is 0 Å². The molecule has 1 amide bonds. The van der Waals surface area contributed by atoms with E-state index in [1.807, 2.05) is 58.9 Å². The van der Waals surface area contributed by atoms with Crippen LogP contribution in [0.1, 0.15) is 37.9 Å². The molecule has 0 spiro atoms. The molecule has 2 heterocycles. The molecule has 0 aliphatic carbocycles. The predicted molar refractivity (Wildman–Crippen MR) is 133 cm³/mol. The van der Waals surface area contributed by atoms with E-state index >= 15 is 0 Å². The highest BCUT2D eigenvalue weighted by Crippen LogP contribution is 2.30. The van der Waals surface area contributed by atoms with Crippen molar-refractivity contribution in [3.05, 3.63) is 71.7 Å². The average Bonchev–Trinajstić information content (AvgIpc) is 3.07. The first kappa shape index (κ1) is 22.5. The van der Waals surface area contributed by atoms with Crippen LogP contribution in [0.15, 0.2) is 54.6 Å². The first-order valence-corrected chi connectivity index (χ1v) is 11.1. The number of para-hydroxylation sites is 1. The monoisotopic (exact) mass is 442 g/mol. The van der Waals surface area contributed by atoms with Gasteiger partial charge in [0.15, 0.2) is 5.65 Å². The Labute approximate surface area is 194 Å². The molecule has 0 radical (unpaired) electrons. The van der Waals surface area contributed by atoms with Crippen LogP contribution in [0, 0.1) is 19.3 Å². The van der Waals surface area contributed by atoms with E-state index in [9.17, 15) is 4.79 Å². The summed E-state index contributed by atoms with van der Waals surface area (Å²) in [7, 11) is 1.69. The number of nitrogens with one attached hydrogen (secondary N) is 1. The number of nitrogens with zero attached hydrogens (tertiary/aromatic N) is 3. The maximum atomic E-state index is 12.4. The summed E-state index contributed by atoms with van der Waals surface area (Å²) in [6, 6.07) is 18.4. The first-order valence-electron chi connectivity index (χ1n) is 11.1. The Balaban J connectivity index is 1.62. The highest BCUT2D eigenvalue weighted by Gasteiger charge is 2.22. The van der Waals surface area contributed by atoms with Crippen LogP contribution in [0.4, 0.5) is 5.69 Å².